The topological polar surface area (TPSA) is 117 Å². The zero-order chi connectivity index (χ0) is 21.8. The van der Waals surface area contributed by atoms with Crippen molar-refractivity contribution in [2.45, 2.75) is 6.92 Å². The molecule has 3 N–H and O–H groups in total. The third kappa shape index (κ3) is 4.59. The maximum Gasteiger partial charge on any atom is 0.291 e. The summed E-state index contributed by atoms with van der Waals surface area (Å²) in [6.07, 6.45) is 4.38. The Hall–Kier alpha value is -4.46. The van der Waals surface area contributed by atoms with Gasteiger partial charge in [-0.3, -0.25) is 9.59 Å². The standard InChI is InChI=1S/C23H18N4O4/c1-14-7-8-16(11-19(14)27-23(30)20-6-3-9-31-20)22(29)26-17-12-24-21(25-13-17)15-4-2-5-18(28)10-15/h2-13,28H,1H3,(H,26,29)(H,27,30). The Balaban J connectivity index is 1.47. The Kier molecular flexibility index (Phi) is 5.44. The largest absolute Gasteiger partial charge is 0.508 e. The summed E-state index contributed by atoms with van der Waals surface area (Å²) in [6, 6.07) is 14.8. The molecule has 2 amide bonds. The molecule has 0 saturated heterocycles. The van der Waals surface area contributed by atoms with Crippen LogP contribution < -0.4 is 10.6 Å². The molecular formula is C23H18N4O4. The summed E-state index contributed by atoms with van der Waals surface area (Å²) < 4.78 is 5.09. The lowest BCUT2D eigenvalue weighted by Crippen LogP contribution is -2.15. The van der Waals surface area contributed by atoms with Crippen molar-refractivity contribution in [3.8, 4) is 17.1 Å². The summed E-state index contributed by atoms with van der Waals surface area (Å²) in [5.41, 5.74) is 2.74. The summed E-state index contributed by atoms with van der Waals surface area (Å²) in [4.78, 5) is 33.4. The first-order valence-corrected chi connectivity index (χ1v) is 9.38. The third-order valence-corrected chi connectivity index (χ3v) is 4.51. The molecule has 0 fully saturated rings. The molecule has 8 nitrogen and oxygen atoms in total. The first-order valence-electron chi connectivity index (χ1n) is 9.38. The Morgan fingerprint density at radius 1 is 0.935 bits per heavy atom. The van der Waals surface area contributed by atoms with Crippen molar-refractivity contribution in [1.82, 2.24) is 9.97 Å². The maximum absolute atomic E-state index is 12.7. The first kappa shape index (κ1) is 19.8. The molecule has 0 bridgehead atoms. The predicted molar refractivity (Wildman–Crippen MR) is 115 cm³/mol. The van der Waals surface area contributed by atoms with Gasteiger partial charge in [0.2, 0.25) is 0 Å². The van der Waals surface area contributed by atoms with Crippen LogP contribution >= 0.6 is 0 Å². The fourth-order valence-electron chi connectivity index (χ4n) is 2.88. The maximum atomic E-state index is 12.7. The summed E-state index contributed by atoms with van der Waals surface area (Å²) in [7, 11) is 0. The molecule has 0 saturated carbocycles. The molecule has 154 valence electrons. The molecule has 0 spiro atoms. The van der Waals surface area contributed by atoms with E-state index < -0.39 is 5.91 Å². The number of nitrogens with zero attached hydrogens (tertiary/aromatic N) is 2. The van der Waals surface area contributed by atoms with Crippen LogP contribution in [0.4, 0.5) is 11.4 Å². The quantitative estimate of drug-likeness (QED) is 0.449. The minimum Gasteiger partial charge on any atom is -0.508 e. The number of furan rings is 1. The molecule has 0 atom stereocenters. The van der Waals surface area contributed by atoms with Gasteiger partial charge in [0, 0.05) is 16.8 Å². The monoisotopic (exact) mass is 414 g/mol. The van der Waals surface area contributed by atoms with E-state index in [4.69, 9.17) is 4.42 Å². The zero-order valence-corrected chi connectivity index (χ0v) is 16.5. The lowest BCUT2D eigenvalue weighted by Gasteiger charge is -2.10. The fraction of sp³-hybridized carbons (Fsp3) is 0.0435. The molecule has 8 heteroatoms. The molecule has 0 aliphatic heterocycles. The number of benzene rings is 2. The highest BCUT2D eigenvalue weighted by molar-refractivity contribution is 6.07. The van der Waals surface area contributed by atoms with Gasteiger partial charge in [-0.25, -0.2) is 9.97 Å². The minimum absolute atomic E-state index is 0.118. The van der Waals surface area contributed by atoms with Crippen molar-refractivity contribution in [1.29, 1.82) is 0 Å². The van der Waals surface area contributed by atoms with Gasteiger partial charge in [-0.2, -0.15) is 0 Å². The Morgan fingerprint density at radius 2 is 1.74 bits per heavy atom. The number of aromatic nitrogens is 2. The number of anilines is 2. The smallest absolute Gasteiger partial charge is 0.291 e. The number of carbonyl (C=O) groups is 2. The number of carbonyl (C=O) groups excluding carboxylic acids is 2. The van der Waals surface area contributed by atoms with Crippen LogP contribution in [0, 0.1) is 6.92 Å². The van der Waals surface area contributed by atoms with E-state index in [1.807, 2.05) is 6.92 Å². The number of amides is 2. The fourth-order valence-corrected chi connectivity index (χ4v) is 2.88. The molecule has 0 aliphatic rings. The van der Waals surface area contributed by atoms with Gasteiger partial charge in [-0.15, -0.1) is 0 Å². The van der Waals surface area contributed by atoms with E-state index in [-0.39, 0.29) is 17.4 Å². The van der Waals surface area contributed by atoms with Crippen molar-refractivity contribution >= 4 is 23.2 Å². The van der Waals surface area contributed by atoms with Crippen molar-refractivity contribution < 1.29 is 19.1 Å². The number of hydrogen-bond donors (Lipinski definition) is 3. The number of aromatic hydroxyl groups is 1. The Labute approximate surface area is 177 Å². The van der Waals surface area contributed by atoms with E-state index in [2.05, 4.69) is 20.6 Å². The van der Waals surface area contributed by atoms with E-state index in [0.717, 1.165) is 5.56 Å². The number of phenolic OH excluding ortho intramolecular Hbond substituents is 1. The van der Waals surface area contributed by atoms with E-state index in [9.17, 15) is 14.7 Å². The van der Waals surface area contributed by atoms with Crippen molar-refractivity contribution in [3.63, 3.8) is 0 Å². The molecular weight excluding hydrogens is 396 g/mol. The van der Waals surface area contributed by atoms with Crippen LogP contribution in [0.25, 0.3) is 11.4 Å². The highest BCUT2D eigenvalue weighted by atomic mass is 16.3. The van der Waals surface area contributed by atoms with E-state index in [0.29, 0.717) is 28.3 Å². The van der Waals surface area contributed by atoms with Gasteiger partial charge in [-0.05, 0) is 48.9 Å². The van der Waals surface area contributed by atoms with Crippen molar-refractivity contribution in [3.05, 3.63) is 90.1 Å². The zero-order valence-electron chi connectivity index (χ0n) is 16.5. The normalized spacial score (nSPS) is 10.5. The SMILES string of the molecule is Cc1ccc(C(=O)Nc2cnc(-c3cccc(O)c3)nc2)cc1NC(=O)c1ccco1. The van der Waals surface area contributed by atoms with E-state index in [1.54, 1.807) is 54.6 Å². The highest BCUT2D eigenvalue weighted by Crippen LogP contribution is 2.21. The van der Waals surface area contributed by atoms with Crippen LogP contribution in [0.1, 0.15) is 26.5 Å². The Bertz CT molecular complexity index is 1230. The average molecular weight is 414 g/mol. The number of hydrogen-bond acceptors (Lipinski definition) is 6. The first-order chi connectivity index (χ1) is 15.0. The molecule has 2 aromatic carbocycles. The minimum atomic E-state index is -0.401. The number of phenols is 1. The van der Waals surface area contributed by atoms with Gasteiger partial charge in [0.05, 0.1) is 24.3 Å². The van der Waals surface area contributed by atoms with Gasteiger partial charge in [0.15, 0.2) is 11.6 Å². The summed E-state index contributed by atoms with van der Waals surface area (Å²) in [6.45, 7) is 1.83. The summed E-state index contributed by atoms with van der Waals surface area (Å²) in [5, 5.41) is 15.1. The van der Waals surface area contributed by atoms with Gasteiger partial charge < -0.3 is 20.2 Å². The molecule has 0 radical (unpaired) electrons. The van der Waals surface area contributed by atoms with Crippen LogP contribution in [0.3, 0.4) is 0 Å². The molecule has 4 rings (SSSR count). The third-order valence-electron chi connectivity index (χ3n) is 4.51. The van der Waals surface area contributed by atoms with Gasteiger partial charge in [0.25, 0.3) is 11.8 Å². The summed E-state index contributed by atoms with van der Waals surface area (Å²) in [5.74, 6) is -0.0537. The van der Waals surface area contributed by atoms with Crippen LogP contribution in [-0.4, -0.2) is 26.9 Å². The molecule has 2 aromatic heterocycles. The van der Waals surface area contributed by atoms with Gasteiger partial charge >= 0.3 is 0 Å². The second-order valence-corrected chi connectivity index (χ2v) is 6.76. The number of nitrogens with one attached hydrogen (secondary N) is 2. The van der Waals surface area contributed by atoms with Crippen LogP contribution in [0.2, 0.25) is 0 Å². The highest BCUT2D eigenvalue weighted by Gasteiger charge is 2.13. The van der Waals surface area contributed by atoms with E-state index >= 15 is 0 Å². The number of aryl methyl sites for hydroxylation is 1. The molecule has 0 aliphatic carbocycles. The lowest BCUT2D eigenvalue weighted by atomic mass is 10.1. The lowest BCUT2D eigenvalue weighted by molar-refractivity contribution is 0.0993. The van der Waals surface area contributed by atoms with Crippen molar-refractivity contribution in [2.75, 3.05) is 10.6 Å². The van der Waals surface area contributed by atoms with Crippen LogP contribution in [0.15, 0.2) is 77.7 Å². The van der Waals surface area contributed by atoms with Gasteiger partial charge in [0.1, 0.15) is 5.75 Å². The second kappa shape index (κ2) is 8.50. The van der Waals surface area contributed by atoms with Gasteiger partial charge in [-0.1, -0.05) is 18.2 Å². The van der Waals surface area contributed by atoms with Crippen LogP contribution in [0.5, 0.6) is 5.75 Å². The summed E-state index contributed by atoms with van der Waals surface area (Å²) >= 11 is 0. The number of rotatable bonds is 5. The molecule has 2 heterocycles. The van der Waals surface area contributed by atoms with Crippen molar-refractivity contribution in [2.24, 2.45) is 0 Å². The Morgan fingerprint density at radius 3 is 2.45 bits per heavy atom. The molecule has 0 unspecified atom stereocenters. The molecule has 4 aromatic rings. The van der Waals surface area contributed by atoms with Crippen LogP contribution in [-0.2, 0) is 0 Å². The predicted octanol–water partition coefficient (Wildman–Crippen LogP) is 4.26. The average Bonchev–Trinajstić information content (AvgIpc) is 3.31. The van der Waals surface area contributed by atoms with E-state index in [1.165, 1.54) is 18.7 Å². The second-order valence-electron chi connectivity index (χ2n) is 6.76. The molecule has 31 heavy (non-hydrogen) atoms.